The summed E-state index contributed by atoms with van der Waals surface area (Å²) in [6.07, 6.45) is 20.6. The van der Waals surface area contributed by atoms with E-state index < -0.39 is 5.56 Å². The molecular formula is C20H39ClO2. The normalized spacial score (nSPS) is 12.3. The van der Waals surface area contributed by atoms with Gasteiger partial charge in [-0.2, -0.15) is 0 Å². The smallest absolute Gasteiger partial charge is 0.307 e. The van der Waals surface area contributed by atoms with Crippen LogP contribution in [0.4, 0.5) is 0 Å². The van der Waals surface area contributed by atoms with Gasteiger partial charge in [0, 0.05) is 6.42 Å². The maximum Gasteiger partial charge on any atom is 0.307 e. The highest BCUT2D eigenvalue weighted by Crippen LogP contribution is 2.14. The van der Waals surface area contributed by atoms with Crippen molar-refractivity contribution in [1.29, 1.82) is 0 Å². The maximum atomic E-state index is 11.3. The van der Waals surface area contributed by atoms with Crippen LogP contribution in [0.3, 0.4) is 0 Å². The van der Waals surface area contributed by atoms with E-state index in [1.807, 2.05) is 0 Å². The Morgan fingerprint density at radius 2 is 1.09 bits per heavy atom. The Morgan fingerprint density at radius 3 is 1.43 bits per heavy atom. The van der Waals surface area contributed by atoms with Crippen molar-refractivity contribution < 1.29 is 9.53 Å². The van der Waals surface area contributed by atoms with Gasteiger partial charge in [0.25, 0.3) is 0 Å². The number of rotatable bonds is 17. The molecule has 0 aromatic carbocycles. The van der Waals surface area contributed by atoms with Crippen molar-refractivity contribution in [2.75, 3.05) is 0 Å². The summed E-state index contributed by atoms with van der Waals surface area (Å²) in [6, 6.07) is 0. The molecule has 0 saturated carbocycles. The summed E-state index contributed by atoms with van der Waals surface area (Å²) in [5.74, 6) is -0.165. The molecule has 0 rings (SSSR count). The van der Waals surface area contributed by atoms with E-state index in [1.54, 1.807) is 6.92 Å². The third kappa shape index (κ3) is 19.7. The van der Waals surface area contributed by atoms with Gasteiger partial charge < -0.3 is 4.74 Å². The molecule has 0 radical (unpaired) electrons. The summed E-state index contributed by atoms with van der Waals surface area (Å²) in [7, 11) is 0. The molecule has 0 aliphatic rings. The van der Waals surface area contributed by atoms with Crippen LogP contribution in [0, 0.1) is 0 Å². The minimum atomic E-state index is -0.501. The van der Waals surface area contributed by atoms with Crippen molar-refractivity contribution in [3.63, 3.8) is 0 Å². The van der Waals surface area contributed by atoms with Gasteiger partial charge in [-0.3, -0.25) is 4.79 Å². The highest BCUT2D eigenvalue weighted by atomic mass is 35.5. The van der Waals surface area contributed by atoms with E-state index in [9.17, 15) is 4.79 Å². The van der Waals surface area contributed by atoms with Gasteiger partial charge in [0.15, 0.2) is 5.56 Å². The van der Waals surface area contributed by atoms with Gasteiger partial charge in [-0.25, -0.2) is 0 Å². The lowest BCUT2D eigenvalue weighted by Crippen LogP contribution is -2.08. The van der Waals surface area contributed by atoms with E-state index in [0.717, 1.165) is 12.8 Å². The fraction of sp³-hybridized carbons (Fsp3) is 0.950. The summed E-state index contributed by atoms with van der Waals surface area (Å²) >= 11 is 5.60. The van der Waals surface area contributed by atoms with Crippen LogP contribution in [0.2, 0.25) is 0 Å². The van der Waals surface area contributed by atoms with Crippen LogP contribution in [0.5, 0.6) is 0 Å². The van der Waals surface area contributed by atoms with Gasteiger partial charge in [-0.05, 0) is 13.3 Å². The van der Waals surface area contributed by atoms with Crippen LogP contribution in [0.15, 0.2) is 0 Å². The molecule has 0 spiro atoms. The standard InChI is InChI=1S/C20H39ClO2/c1-3-4-5-6-7-8-9-10-11-12-13-14-15-16-17-18-20(22)23-19(2)21/h19H,3-18H2,1-2H3. The molecule has 0 aromatic heterocycles. The zero-order chi connectivity index (χ0) is 17.2. The minimum absolute atomic E-state index is 0.165. The van der Waals surface area contributed by atoms with Crippen LogP contribution in [0.25, 0.3) is 0 Å². The van der Waals surface area contributed by atoms with Gasteiger partial charge in [0.1, 0.15) is 0 Å². The Morgan fingerprint density at radius 1 is 0.739 bits per heavy atom. The first-order valence-electron chi connectivity index (χ1n) is 10.0. The van der Waals surface area contributed by atoms with Crippen molar-refractivity contribution in [3.05, 3.63) is 0 Å². The number of alkyl halides is 1. The van der Waals surface area contributed by atoms with Crippen molar-refractivity contribution in [2.45, 2.75) is 122 Å². The molecule has 0 heterocycles. The SMILES string of the molecule is CCCCCCCCCCCCCCCCCC(=O)OC(C)Cl. The van der Waals surface area contributed by atoms with Gasteiger partial charge >= 0.3 is 5.97 Å². The third-order valence-corrected chi connectivity index (χ3v) is 4.37. The molecule has 0 amide bonds. The molecule has 0 bridgehead atoms. The van der Waals surface area contributed by atoms with E-state index in [4.69, 9.17) is 16.3 Å². The van der Waals surface area contributed by atoms with Crippen LogP contribution < -0.4 is 0 Å². The van der Waals surface area contributed by atoms with E-state index in [0.29, 0.717) is 6.42 Å². The van der Waals surface area contributed by atoms with Gasteiger partial charge in [0.2, 0.25) is 0 Å². The highest BCUT2D eigenvalue weighted by molar-refractivity contribution is 6.19. The number of halogens is 1. The fourth-order valence-electron chi connectivity index (χ4n) is 2.88. The number of hydrogen-bond acceptors (Lipinski definition) is 2. The molecule has 0 aromatic rings. The van der Waals surface area contributed by atoms with E-state index in [2.05, 4.69) is 6.92 Å². The average molecular weight is 347 g/mol. The monoisotopic (exact) mass is 346 g/mol. The van der Waals surface area contributed by atoms with Gasteiger partial charge in [0.05, 0.1) is 0 Å². The Hall–Kier alpha value is -0.240. The molecule has 2 nitrogen and oxygen atoms in total. The zero-order valence-electron chi connectivity index (χ0n) is 15.6. The number of carbonyl (C=O) groups is 1. The predicted octanol–water partition coefficient (Wildman–Crippen LogP) is 7.38. The van der Waals surface area contributed by atoms with Crippen molar-refractivity contribution >= 4 is 17.6 Å². The Bertz CT molecular complexity index is 254. The van der Waals surface area contributed by atoms with E-state index >= 15 is 0 Å². The Labute approximate surface area is 149 Å². The van der Waals surface area contributed by atoms with Crippen molar-refractivity contribution in [1.82, 2.24) is 0 Å². The van der Waals surface area contributed by atoms with Gasteiger partial charge in [-0.1, -0.05) is 108 Å². The van der Waals surface area contributed by atoms with Crippen LogP contribution >= 0.6 is 11.6 Å². The molecule has 138 valence electrons. The Kier molecular flexibility index (Phi) is 17.9. The number of carbonyl (C=O) groups excluding carboxylic acids is 1. The van der Waals surface area contributed by atoms with Crippen molar-refractivity contribution in [3.8, 4) is 0 Å². The van der Waals surface area contributed by atoms with E-state index in [-0.39, 0.29) is 5.97 Å². The van der Waals surface area contributed by atoms with Crippen LogP contribution in [-0.2, 0) is 9.53 Å². The topological polar surface area (TPSA) is 26.3 Å². The molecule has 1 unspecified atom stereocenters. The number of ether oxygens (including phenoxy) is 1. The molecule has 0 aliphatic carbocycles. The lowest BCUT2D eigenvalue weighted by Gasteiger charge is -2.06. The van der Waals surface area contributed by atoms with Crippen LogP contribution in [-0.4, -0.2) is 11.5 Å². The van der Waals surface area contributed by atoms with Crippen LogP contribution in [0.1, 0.15) is 117 Å². The highest BCUT2D eigenvalue weighted by Gasteiger charge is 2.05. The molecule has 0 saturated heterocycles. The summed E-state index contributed by atoms with van der Waals surface area (Å²) in [5.41, 5.74) is -0.501. The third-order valence-electron chi connectivity index (χ3n) is 4.28. The maximum absolute atomic E-state index is 11.3. The summed E-state index contributed by atoms with van der Waals surface area (Å²) in [5, 5.41) is 0. The molecule has 0 fully saturated rings. The summed E-state index contributed by atoms with van der Waals surface area (Å²) in [6.45, 7) is 3.95. The lowest BCUT2D eigenvalue weighted by molar-refractivity contribution is -0.144. The largest absolute Gasteiger partial charge is 0.446 e. The zero-order valence-corrected chi connectivity index (χ0v) is 16.3. The quantitative estimate of drug-likeness (QED) is 0.156. The molecule has 23 heavy (non-hydrogen) atoms. The molecule has 1 atom stereocenters. The first-order chi connectivity index (χ1) is 11.2. The van der Waals surface area contributed by atoms with E-state index in [1.165, 1.54) is 83.5 Å². The minimum Gasteiger partial charge on any atom is -0.446 e. The average Bonchev–Trinajstić information content (AvgIpc) is 2.50. The summed E-state index contributed by atoms with van der Waals surface area (Å²) < 4.78 is 4.90. The van der Waals surface area contributed by atoms with Gasteiger partial charge in [-0.15, -0.1) is 0 Å². The molecular weight excluding hydrogens is 308 g/mol. The predicted molar refractivity (Wildman–Crippen MR) is 101 cm³/mol. The number of unbranched alkanes of at least 4 members (excludes halogenated alkanes) is 14. The second kappa shape index (κ2) is 18.1. The first kappa shape index (κ1) is 22.8. The Balaban J connectivity index is 3.06. The van der Waals surface area contributed by atoms with Crippen molar-refractivity contribution in [2.24, 2.45) is 0 Å². The molecule has 3 heteroatoms. The number of esters is 1. The fourth-order valence-corrected chi connectivity index (χ4v) is 2.98. The number of hydrogen-bond donors (Lipinski definition) is 0. The second-order valence-corrected chi connectivity index (χ2v) is 7.35. The molecule has 0 N–H and O–H groups in total. The summed E-state index contributed by atoms with van der Waals surface area (Å²) in [4.78, 5) is 11.3. The second-order valence-electron chi connectivity index (χ2n) is 6.73. The first-order valence-corrected chi connectivity index (χ1v) is 10.4. The molecule has 0 aliphatic heterocycles. The lowest BCUT2D eigenvalue weighted by atomic mass is 10.0.